The van der Waals surface area contributed by atoms with Crippen LogP contribution in [0, 0.1) is 0 Å². The van der Waals surface area contributed by atoms with E-state index in [1.165, 1.54) is 0 Å². The van der Waals surface area contributed by atoms with Gasteiger partial charge in [-0.15, -0.1) is 0 Å². The Morgan fingerprint density at radius 2 is 1.64 bits per heavy atom. The van der Waals surface area contributed by atoms with E-state index in [2.05, 4.69) is 5.32 Å². The zero-order chi connectivity index (χ0) is 20.4. The molecule has 0 aliphatic heterocycles. The summed E-state index contributed by atoms with van der Waals surface area (Å²) >= 11 is 0. The molecule has 1 amide bonds. The molecule has 0 saturated carbocycles. The van der Waals surface area contributed by atoms with Crippen LogP contribution in [0.15, 0.2) is 42.5 Å². The fraction of sp³-hybridized carbons (Fsp3) is 0.409. The fourth-order valence-corrected chi connectivity index (χ4v) is 2.78. The van der Waals surface area contributed by atoms with Gasteiger partial charge in [0.2, 0.25) is 5.91 Å². The summed E-state index contributed by atoms with van der Waals surface area (Å²) in [6, 6.07) is 13.0. The van der Waals surface area contributed by atoms with Gasteiger partial charge in [0.25, 0.3) is 0 Å². The minimum absolute atomic E-state index is 0.0241. The van der Waals surface area contributed by atoms with Crippen LogP contribution in [0.25, 0.3) is 0 Å². The van der Waals surface area contributed by atoms with E-state index in [1.807, 2.05) is 56.3 Å². The van der Waals surface area contributed by atoms with Crippen LogP contribution in [-0.2, 0) is 4.79 Å². The molecule has 28 heavy (non-hydrogen) atoms. The molecule has 1 unspecified atom stereocenters. The molecule has 0 spiro atoms. The number of para-hydroxylation sites is 2. The SMILES string of the molecule is CCOc1ccccc1OCCCC(=O)NC(C)c1ccc(OC)c(OC)c1. The third-order valence-electron chi connectivity index (χ3n) is 4.24. The molecule has 0 fully saturated rings. The van der Waals surface area contributed by atoms with Gasteiger partial charge in [0, 0.05) is 6.42 Å². The zero-order valence-electron chi connectivity index (χ0n) is 17.0. The second-order valence-electron chi connectivity index (χ2n) is 6.24. The van der Waals surface area contributed by atoms with Crippen molar-refractivity contribution >= 4 is 5.91 Å². The van der Waals surface area contributed by atoms with Crippen molar-refractivity contribution in [3.63, 3.8) is 0 Å². The highest BCUT2D eigenvalue weighted by atomic mass is 16.5. The number of hydrogen-bond acceptors (Lipinski definition) is 5. The average molecular weight is 387 g/mol. The van der Waals surface area contributed by atoms with Crippen LogP contribution < -0.4 is 24.3 Å². The number of benzene rings is 2. The number of ether oxygens (including phenoxy) is 4. The molecule has 0 aromatic heterocycles. The minimum Gasteiger partial charge on any atom is -0.493 e. The molecule has 0 aliphatic carbocycles. The van der Waals surface area contributed by atoms with Crippen LogP contribution in [-0.4, -0.2) is 33.3 Å². The maximum atomic E-state index is 12.2. The molecule has 1 N–H and O–H groups in total. The summed E-state index contributed by atoms with van der Waals surface area (Å²) in [5.41, 5.74) is 0.952. The van der Waals surface area contributed by atoms with Crippen LogP contribution in [0.4, 0.5) is 0 Å². The van der Waals surface area contributed by atoms with Gasteiger partial charge in [-0.25, -0.2) is 0 Å². The average Bonchev–Trinajstić information content (AvgIpc) is 2.71. The molecule has 2 aromatic rings. The van der Waals surface area contributed by atoms with Crippen molar-refractivity contribution in [1.82, 2.24) is 5.32 Å². The van der Waals surface area contributed by atoms with Crippen LogP contribution in [0.3, 0.4) is 0 Å². The van der Waals surface area contributed by atoms with Gasteiger partial charge < -0.3 is 24.3 Å². The van der Waals surface area contributed by atoms with Crippen molar-refractivity contribution < 1.29 is 23.7 Å². The number of methoxy groups -OCH3 is 2. The van der Waals surface area contributed by atoms with Gasteiger partial charge in [-0.2, -0.15) is 0 Å². The molecular weight excluding hydrogens is 358 g/mol. The van der Waals surface area contributed by atoms with Gasteiger partial charge >= 0.3 is 0 Å². The summed E-state index contributed by atoms with van der Waals surface area (Å²) in [6.07, 6.45) is 0.999. The first-order valence-corrected chi connectivity index (χ1v) is 9.45. The van der Waals surface area contributed by atoms with Crippen LogP contribution >= 0.6 is 0 Å². The van der Waals surface area contributed by atoms with Crippen LogP contribution in [0.5, 0.6) is 23.0 Å². The maximum absolute atomic E-state index is 12.2. The van der Waals surface area contributed by atoms with Gasteiger partial charge in [-0.05, 0) is 50.1 Å². The Kier molecular flexibility index (Phi) is 8.46. The second kappa shape index (κ2) is 11.1. The molecule has 0 aliphatic rings. The Balaban J connectivity index is 1.79. The molecule has 2 aromatic carbocycles. The number of carbonyl (C=O) groups excluding carboxylic acids is 1. The van der Waals surface area contributed by atoms with Gasteiger partial charge in [-0.3, -0.25) is 4.79 Å². The lowest BCUT2D eigenvalue weighted by Crippen LogP contribution is -2.26. The molecule has 6 heteroatoms. The zero-order valence-corrected chi connectivity index (χ0v) is 17.0. The van der Waals surface area contributed by atoms with E-state index in [1.54, 1.807) is 14.2 Å². The lowest BCUT2D eigenvalue weighted by Gasteiger charge is -2.17. The lowest BCUT2D eigenvalue weighted by molar-refractivity contribution is -0.121. The molecule has 0 radical (unpaired) electrons. The number of rotatable bonds is 11. The molecule has 152 valence electrons. The molecule has 6 nitrogen and oxygen atoms in total. The van der Waals surface area contributed by atoms with Crippen molar-refractivity contribution in [3.8, 4) is 23.0 Å². The van der Waals surface area contributed by atoms with Gasteiger partial charge in [0.15, 0.2) is 23.0 Å². The molecule has 2 rings (SSSR count). The molecule has 0 heterocycles. The summed E-state index contributed by atoms with van der Waals surface area (Å²) in [5, 5.41) is 3.00. The summed E-state index contributed by atoms with van der Waals surface area (Å²) in [6.45, 7) is 4.90. The predicted molar refractivity (Wildman–Crippen MR) is 108 cm³/mol. The van der Waals surface area contributed by atoms with E-state index in [-0.39, 0.29) is 11.9 Å². The first-order chi connectivity index (χ1) is 13.6. The summed E-state index contributed by atoms with van der Waals surface area (Å²) in [4.78, 5) is 12.2. The quantitative estimate of drug-likeness (QED) is 0.587. The highest BCUT2D eigenvalue weighted by Gasteiger charge is 2.13. The number of nitrogens with one attached hydrogen (secondary N) is 1. The molecule has 0 bridgehead atoms. The Morgan fingerprint density at radius 1 is 0.964 bits per heavy atom. The largest absolute Gasteiger partial charge is 0.493 e. The minimum atomic E-state index is -0.132. The Morgan fingerprint density at radius 3 is 2.29 bits per heavy atom. The lowest BCUT2D eigenvalue weighted by atomic mass is 10.1. The Labute approximate surface area is 166 Å². The van der Waals surface area contributed by atoms with E-state index in [9.17, 15) is 4.79 Å². The van der Waals surface area contributed by atoms with Crippen molar-refractivity contribution in [2.45, 2.75) is 32.7 Å². The summed E-state index contributed by atoms with van der Waals surface area (Å²) in [5.74, 6) is 2.70. The molecule has 1 atom stereocenters. The van der Waals surface area contributed by atoms with Crippen molar-refractivity contribution in [3.05, 3.63) is 48.0 Å². The van der Waals surface area contributed by atoms with Crippen LogP contribution in [0.1, 0.15) is 38.3 Å². The van der Waals surface area contributed by atoms with E-state index >= 15 is 0 Å². The first kappa shape index (κ1) is 21.4. The predicted octanol–water partition coefficient (Wildman–Crippen LogP) is 4.14. The van der Waals surface area contributed by atoms with Gasteiger partial charge in [0.1, 0.15) is 0 Å². The number of amides is 1. The van der Waals surface area contributed by atoms with E-state index in [0.717, 1.165) is 11.3 Å². The smallest absolute Gasteiger partial charge is 0.220 e. The van der Waals surface area contributed by atoms with Gasteiger partial charge in [0.05, 0.1) is 33.5 Å². The van der Waals surface area contributed by atoms with E-state index in [0.29, 0.717) is 43.3 Å². The third kappa shape index (κ3) is 6.08. The number of carbonyl (C=O) groups is 1. The maximum Gasteiger partial charge on any atom is 0.220 e. The molecule has 0 saturated heterocycles. The standard InChI is InChI=1S/C22H29NO5/c1-5-27-19-9-6-7-10-20(19)28-14-8-11-22(24)23-16(2)17-12-13-18(25-3)21(15-17)26-4/h6-7,9-10,12-13,15-16H,5,8,11,14H2,1-4H3,(H,23,24). The highest BCUT2D eigenvalue weighted by molar-refractivity contribution is 5.76. The Hall–Kier alpha value is -2.89. The normalized spacial score (nSPS) is 11.4. The summed E-state index contributed by atoms with van der Waals surface area (Å²) < 4.78 is 21.8. The third-order valence-corrected chi connectivity index (χ3v) is 4.24. The van der Waals surface area contributed by atoms with E-state index in [4.69, 9.17) is 18.9 Å². The van der Waals surface area contributed by atoms with Crippen molar-refractivity contribution in [1.29, 1.82) is 0 Å². The van der Waals surface area contributed by atoms with Crippen LogP contribution in [0.2, 0.25) is 0 Å². The monoisotopic (exact) mass is 387 g/mol. The fourth-order valence-electron chi connectivity index (χ4n) is 2.78. The second-order valence-corrected chi connectivity index (χ2v) is 6.24. The molecular formula is C22H29NO5. The highest BCUT2D eigenvalue weighted by Crippen LogP contribution is 2.30. The topological polar surface area (TPSA) is 66.0 Å². The first-order valence-electron chi connectivity index (χ1n) is 9.45. The van der Waals surface area contributed by atoms with Crippen molar-refractivity contribution in [2.24, 2.45) is 0 Å². The van der Waals surface area contributed by atoms with Crippen molar-refractivity contribution in [2.75, 3.05) is 27.4 Å². The summed E-state index contributed by atoms with van der Waals surface area (Å²) in [7, 11) is 3.19. The Bertz CT molecular complexity index is 762. The van der Waals surface area contributed by atoms with Gasteiger partial charge in [-0.1, -0.05) is 18.2 Å². The number of hydrogen-bond donors (Lipinski definition) is 1. The van der Waals surface area contributed by atoms with E-state index < -0.39 is 0 Å².